The lowest BCUT2D eigenvalue weighted by atomic mass is 9.60. The number of rotatable bonds is 5. The minimum Gasteiger partial charge on any atom is -0.292 e. The summed E-state index contributed by atoms with van der Waals surface area (Å²) >= 11 is 0. The SMILES string of the molecule is Bc1c(B)c(B)c(-c2nc3ccccc3n2-c2ccc(-c3c4ccccc4c(-c4cccc(-c5ccccn5)c4)c4ccccc34)cc2)c(B)c1B. The van der Waals surface area contributed by atoms with Crippen LogP contribution >= 0.6 is 0 Å². The second kappa shape index (κ2) is 12.6. The molecule has 7 aromatic carbocycles. The molecule has 0 unspecified atom stereocenters. The van der Waals surface area contributed by atoms with Gasteiger partial charge < -0.3 is 0 Å². The molecule has 0 amide bonds. The highest BCUT2D eigenvalue weighted by atomic mass is 15.1. The van der Waals surface area contributed by atoms with Crippen molar-refractivity contribution >= 4 is 99.1 Å². The molecule has 0 aliphatic rings. The number of nitrogens with zero attached hydrogens (tertiary/aromatic N) is 3. The van der Waals surface area contributed by atoms with Gasteiger partial charge in [0, 0.05) is 23.0 Å². The van der Waals surface area contributed by atoms with Crippen LogP contribution in [0.1, 0.15) is 0 Å². The molecule has 0 aliphatic carbocycles. The molecule has 0 fully saturated rings. The van der Waals surface area contributed by atoms with E-state index < -0.39 is 0 Å². The number of fused-ring (bicyclic) bond motifs is 3. The maximum atomic E-state index is 5.28. The van der Waals surface area contributed by atoms with Crippen molar-refractivity contribution in [1.82, 2.24) is 14.5 Å². The lowest BCUT2D eigenvalue weighted by Gasteiger charge is -2.21. The molecule has 0 saturated heterocycles. The van der Waals surface area contributed by atoms with E-state index in [1.165, 1.54) is 76.7 Å². The Morgan fingerprint density at radius 1 is 0.423 bits per heavy atom. The summed E-state index contributed by atoms with van der Waals surface area (Å²) in [6.45, 7) is 0. The van der Waals surface area contributed by atoms with E-state index in [2.05, 4.69) is 176 Å². The zero-order valence-electron chi connectivity index (χ0n) is 30.2. The van der Waals surface area contributed by atoms with Crippen molar-refractivity contribution in [3.63, 3.8) is 0 Å². The first-order chi connectivity index (χ1) is 25.4. The molecule has 2 aromatic heterocycles. The van der Waals surface area contributed by atoms with Crippen LogP contribution in [0.3, 0.4) is 0 Å². The van der Waals surface area contributed by atoms with Gasteiger partial charge in [0.1, 0.15) is 45.1 Å². The molecule has 9 aromatic rings. The smallest absolute Gasteiger partial charge is 0.144 e. The van der Waals surface area contributed by atoms with Gasteiger partial charge in [-0.2, -0.15) is 0 Å². The van der Waals surface area contributed by atoms with E-state index >= 15 is 0 Å². The van der Waals surface area contributed by atoms with Gasteiger partial charge in [-0.1, -0.05) is 108 Å². The minimum absolute atomic E-state index is 0.974. The van der Waals surface area contributed by atoms with E-state index in [0.717, 1.165) is 33.8 Å². The quantitative estimate of drug-likeness (QED) is 0.211. The molecule has 0 saturated carbocycles. The first kappa shape index (κ1) is 31.9. The standard InChI is InChI=1S/C44H34B5N3/c45-39-38(40(46)42(48)43(49)41(39)47)44-51-34-17-5-6-18-35(34)52(44)28-21-19-25(20-22-28)36-29-12-1-3-14-31(29)37(32-15-4-2-13-30(32)36)27-11-9-10-26(24-27)33-16-7-8-23-50-33/h1-24H,45-49H2. The molecule has 9 rings (SSSR count). The summed E-state index contributed by atoms with van der Waals surface area (Å²) in [5, 5.41) is 4.94. The fourth-order valence-corrected chi connectivity index (χ4v) is 8.19. The molecular formula is C44H34B5N3. The minimum atomic E-state index is 0.974. The van der Waals surface area contributed by atoms with Crippen LogP contribution in [0, 0.1) is 0 Å². The van der Waals surface area contributed by atoms with E-state index in [4.69, 9.17) is 4.98 Å². The number of benzene rings is 7. The molecule has 3 nitrogen and oxygen atoms in total. The van der Waals surface area contributed by atoms with Gasteiger partial charge in [0.05, 0.1) is 16.7 Å². The Hall–Kier alpha value is -6.00. The Balaban J connectivity index is 1.24. The van der Waals surface area contributed by atoms with Crippen LogP contribution in [0.5, 0.6) is 0 Å². The third kappa shape index (κ3) is 5.05. The molecular weight excluding hydrogens is 625 g/mol. The van der Waals surface area contributed by atoms with Crippen molar-refractivity contribution in [2.75, 3.05) is 0 Å². The highest BCUT2D eigenvalue weighted by Crippen LogP contribution is 2.44. The van der Waals surface area contributed by atoms with Gasteiger partial charge in [0.25, 0.3) is 0 Å². The zero-order valence-corrected chi connectivity index (χ0v) is 30.2. The Kier molecular flexibility index (Phi) is 7.77. The van der Waals surface area contributed by atoms with E-state index in [1.54, 1.807) is 0 Å². The van der Waals surface area contributed by atoms with Crippen molar-refractivity contribution < 1.29 is 0 Å². The second-order valence-electron chi connectivity index (χ2n) is 13.9. The molecule has 52 heavy (non-hydrogen) atoms. The molecule has 0 bridgehead atoms. The Morgan fingerprint density at radius 3 is 1.58 bits per heavy atom. The summed E-state index contributed by atoms with van der Waals surface area (Å²) in [4.78, 5) is 9.92. The largest absolute Gasteiger partial charge is 0.292 e. The van der Waals surface area contributed by atoms with Crippen molar-refractivity contribution in [1.29, 1.82) is 0 Å². The predicted octanol–water partition coefficient (Wildman–Crippen LogP) is 2.69. The van der Waals surface area contributed by atoms with Gasteiger partial charge in [-0.25, -0.2) is 4.98 Å². The first-order valence-corrected chi connectivity index (χ1v) is 18.0. The molecule has 2 heterocycles. The summed E-state index contributed by atoms with van der Waals surface area (Å²) in [7, 11) is 11.2. The van der Waals surface area contributed by atoms with Crippen LogP contribution < -0.4 is 27.3 Å². The van der Waals surface area contributed by atoms with Crippen molar-refractivity contribution in [2.24, 2.45) is 0 Å². The normalized spacial score (nSPS) is 11.5. The molecule has 0 radical (unpaired) electrons. The fourth-order valence-electron chi connectivity index (χ4n) is 8.19. The maximum absolute atomic E-state index is 5.28. The second-order valence-corrected chi connectivity index (χ2v) is 13.9. The van der Waals surface area contributed by atoms with E-state index in [1.807, 2.05) is 18.3 Å². The number of hydrogen-bond donors (Lipinski definition) is 0. The summed E-state index contributed by atoms with van der Waals surface area (Å²) in [6, 6.07) is 50.1. The lowest BCUT2D eigenvalue weighted by molar-refractivity contribution is 1.11. The highest BCUT2D eigenvalue weighted by Gasteiger charge is 2.21. The topological polar surface area (TPSA) is 30.7 Å². The van der Waals surface area contributed by atoms with Gasteiger partial charge in [-0.05, 0) is 86.3 Å². The fraction of sp³-hybridized carbons (Fsp3) is 0. The van der Waals surface area contributed by atoms with E-state index in [9.17, 15) is 0 Å². The van der Waals surface area contributed by atoms with Crippen LogP contribution in [0.4, 0.5) is 0 Å². The van der Waals surface area contributed by atoms with Gasteiger partial charge in [0.2, 0.25) is 0 Å². The van der Waals surface area contributed by atoms with Crippen LogP contribution in [-0.2, 0) is 0 Å². The van der Waals surface area contributed by atoms with Gasteiger partial charge in [0.15, 0.2) is 0 Å². The molecule has 0 spiro atoms. The van der Waals surface area contributed by atoms with Gasteiger partial charge >= 0.3 is 0 Å². The van der Waals surface area contributed by atoms with E-state index in [-0.39, 0.29) is 0 Å². The van der Waals surface area contributed by atoms with Crippen LogP contribution in [0.15, 0.2) is 146 Å². The Morgan fingerprint density at radius 2 is 0.962 bits per heavy atom. The Bertz CT molecular complexity index is 2760. The first-order valence-electron chi connectivity index (χ1n) is 18.0. The molecule has 0 atom stereocenters. The molecule has 8 heteroatoms. The number of para-hydroxylation sites is 2. The van der Waals surface area contributed by atoms with Crippen LogP contribution in [-0.4, -0.2) is 53.8 Å². The van der Waals surface area contributed by atoms with Gasteiger partial charge in [-0.15, -0.1) is 16.4 Å². The molecule has 240 valence electrons. The van der Waals surface area contributed by atoms with Crippen molar-refractivity contribution in [3.8, 4) is 50.6 Å². The zero-order chi connectivity index (χ0) is 35.5. The lowest BCUT2D eigenvalue weighted by Crippen LogP contribution is -2.55. The third-order valence-electron chi connectivity index (χ3n) is 11.2. The average Bonchev–Trinajstić information content (AvgIpc) is 3.58. The summed E-state index contributed by atoms with van der Waals surface area (Å²) in [6.07, 6.45) is 1.86. The third-order valence-corrected chi connectivity index (χ3v) is 11.2. The maximum Gasteiger partial charge on any atom is 0.144 e. The Labute approximate surface area is 308 Å². The van der Waals surface area contributed by atoms with Crippen LogP contribution in [0.25, 0.3) is 83.2 Å². The summed E-state index contributed by atoms with van der Waals surface area (Å²) < 4.78 is 2.34. The molecule has 0 aliphatic heterocycles. The summed E-state index contributed by atoms with van der Waals surface area (Å²) in [5.74, 6) is 0.989. The number of hydrogen-bond acceptors (Lipinski definition) is 2. The highest BCUT2D eigenvalue weighted by molar-refractivity contribution is 6.68. The average molecular weight is 659 g/mol. The van der Waals surface area contributed by atoms with Gasteiger partial charge in [-0.3, -0.25) is 9.55 Å². The van der Waals surface area contributed by atoms with Crippen LogP contribution in [0.2, 0.25) is 0 Å². The monoisotopic (exact) mass is 659 g/mol. The number of pyridine rings is 1. The number of imidazole rings is 1. The van der Waals surface area contributed by atoms with Crippen molar-refractivity contribution in [3.05, 3.63) is 146 Å². The predicted molar refractivity (Wildman–Crippen MR) is 237 cm³/mol. The van der Waals surface area contributed by atoms with Crippen molar-refractivity contribution in [2.45, 2.75) is 0 Å². The molecule has 0 N–H and O–H groups in total. The summed E-state index contributed by atoms with van der Waals surface area (Å²) in [5.41, 5.74) is 18.0. The van der Waals surface area contributed by atoms with E-state index in [0.29, 0.717) is 0 Å². The number of aromatic nitrogens is 3.